The lowest BCUT2D eigenvalue weighted by Crippen LogP contribution is -2.53. The average molecular weight is 336 g/mol. The second kappa shape index (κ2) is 5.94. The van der Waals surface area contributed by atoms with Crippen LogP contribution in [0.5, 0.6) is 0 Å². The van der Waals surface area contributed by atoms with Gasteiger partial charge < -0.3 is 10.2 Å². The van der Waals surface area contributed by atoms with Crippen LogP contribution in [0.1, 0.15) is 27.2 Å². The summed E-state index contributed by atoms with van der Waals surface area (Å²) in [6.45, 7) is 8.71. The van der Waals surface area contributed by atoms with Crippen molar-refractivity contribution < 1.29 is 9.59 Å². The molecule has 1 saturated carbocycles. The van der Waals surface area contributed by atoms with E-state index < -0.39 is 9.75 Å². The maximum absolute atomic E-state index is 12.4. The highest BCUT2D eigenvalue weighted by Gasteiger charge is 2.68. The molecule has 120 valence electrons. The van der Waals surface area contributed by atoms with Crippen LogP contribution in [0.2, 0.25) is 0 Å². The second-order valence-corrected chi connectivity index (χ2v) is 7.99. The molecule has 0 aromatic heterocycles. The standard InChI is InChI=1S/C14H23Cl2N3O2/c1-10(2)17-11(20)8-18-4-6-19(7-5-18)12(21)13(3)9-14(13,15)16/h10H,4-9H2,1-3H3,(H,17,20). The number of piperazine rings is 1. The first kappa shape index (κ1) is 16.8. The molecule has 1 heterocycles. The van der Waals surface area contributed by atoms with Gasteiger partial charge in [0.1, 0.15) is 4.33 Å². The minimum atomic E-state index is -0.918. The molecule has 0 aromatic rings. The van der Waals surface area contributed by atoms with Gasteiger partial charge in [-0.15, -0.1) is 23.2 Å². The summed E-state index contributed by atoms with van der Waals surface area (Å²) in [6, 6.07) is 0.149. The monoisotopic (exact) mass is 335 g/mol. The molecule has 21 heavy (non-hydrogen) atoms. The molecular weight excluding hydrogens is 313 g/mol. The molecular formula is C14H23Cl2N3O2. The summed E-state index contributed by atoms with van der Waals surface area (Å²) in [5, 5.41) is 2.87. The summed E-state index contributed by atoms with van der Waals surface area (Å²) in [4.78, 5) is 28.0. The Kier molecular flexibility index (Phi) is 4.76. The lowest BCUT2D eigenvalue weighted by Gasteiger charge is -2.36. The largest absolute Gasteiger partial charge is 0.353 e. The summed E-state index contributed by atoms with van der Waals surface area (Å²) in [7, 11) is 0. The van der Waals surface area contributed by atoms with Crippen molar-refractivity contribution in [3.05, 3.63) is 0 Å². The lowest BCUT2D eigenvalue weighted by molar-refractivity contribution is -0.138. The van der Waals surface area contributed by atoms with Gasteiger partial charge in [-0.2, -0.15) is 0 Å². The van der Waals surface area contributed by atoms with Gasteiger partial charge in [-0.3, -0.25) is 14.5 Å². The highest BCUT2D eigenvalue weighted by Crippen LogP contribution is 2.64. The van der Waals surface area contributed by atoms with E-state index in [2.05, 4.69) is 10.2 Å². The van der Waals surface area contributed by atoms with Crippen LogP contribution in [0.15, 0.2) is 0 Å². The maximum atomic E-state index is 12.4. The van der Waals surface area contributed by atoms with Crippen molar-refractivity contribution >= 4 is 35.0 Å². The Morgan fingerprint density at radius 1 is 1.19 bits per heavy atom. The van der Waals surface area contributed by atoms with Crippen molar-refractivity contribution in [1.29, 1.82) is 0 Å². The Bertz CT molecular complexity index is 434. The van der Waals surface area contributed by atoms with Crippen molar-refractivity contribution in [1.82, 2.24) is 15.1 Å². The van der Waals surface area contributed by atoms with E-state index in [0.29, 0.717) is 39.1 Å². The van der Waals surface area contributed by atoms with E-state index in [1.165, 1.54) is 0 Å². The molecule has 0 bridgehead atoms. The van der Waals surface area contributed by atoms with Crippen LogP contribution < -0.4 is 5.32 Å². The molecule has 2 rings (SSSR count). The minimum Gasteiger partial charge on any atom is -0.353 e. The van der Waals surface area contributed by atoms with Gasteiger partial charge in [-0.1, -0.05) is 0 Å². The predicted octanol–water partition coefficient (Wildman–Crippen LogP) is 1.24. The Hall–Kier alpha value is -0.520. The Labute approximate surface area is 135 Å². The molecule has 1 aliphatic carbocycles. The van der Waals surface area contributed by atoms with Crippen LogP contribution in [-0.4, -0.2) is 64.7 Å². The van der Waals surface area contributed by atoms with E-state index in [-0.39, 0.29) is 17.9 Å². The summed E-state index contributed by atoms with van der Waals surface area (Å²) >= 11 is 12.1. The third-order valence-corrected chi connectivity index (χ3v) is 5.31. The van der Waals surface area contributed by atoms with E-state index >= 15 is 0 Å². The maximum Gasteiger partial charge on any atom is 0.234 e. The quantitative estimate of drug-likeness (QED) is 0.786. The number of carbonyl (C=O) groups excluding carboxylic acids is 2. The number of nitrogens with zero attached hydrogens (tertiary/aromatic N) is 2. The summed E-state index contributed by atoms with van der Waals surface area (Å²) in [5.41, 5.74) is -0.646. The molecule has 2 fully saturated rings. The number of rotatable bonds is 4. The van der Waals surface area contributed by atoms with E-state index in [0.717, 1.165) is 0 Å². The van der Waals surface area contributed by atoms with Gasteiger partial charge in [0.15, 0.2) is 0 Å². The van der Waals surface area contributed by atoms with Crippen LogP contribution in [-0.2, 0) is 9.59 Å². The zero-order valence-electron chi connectivity index (χ0n) is 12.8. The number of carbonyl (C=O) groups is 2. The third-order valence-electron chi connectivity index (χ3n) is 4.21. The lowest BCUT2D eigenvalue weighted by atomic mass is 10.1. The molecule has 1 saturated heterocycles. The van der Waals surface area contributed by atoms with Crippen molar-refractivity contribution in [2.24, 2.45) is 5.41 Å². The fourth-order valence-corrected chi connectivity index (χ4v) is 3.36. The highest BCUT2D eigenvalue weighted by molar-refractivity contribution is 6.53. The van der Waals surface area contributed by atoms with E-state index in [1.807, 2.05) is 25.7 Å². The SMILES string of the molecule is CC(C)NC(=O)CN1CCN(C(=O)C2(C)CC2(Cl)Cl)CC1. The van der Waals surface area contributed by atoms with Gasteiger partial charge in [-0.05, 0) is 27.2 Å². The van der Waals surface area contributed by atoms with E-state index in [1.54, 1.807) is 0 Å². The van der Waals surface area contributed by atoms with Gasteiger partial charge in [0, 0.05) is 32.2 Å². The number of alkyl halides is 2. The molecule has 1 N–H and O–H groups in total. The first-order chi connectivity index (χ1) is 9.65. The van der Waals surface area contributed by atoms with Gasteiger partial charge in [-0.25, -0.2) is 0 Å². The van der Waals surface area contributed by atoms with E-state index in [4.69, 9.17) is 23.2 Å². The first-order valence-corrected chi connectivity index (χ1v) is 8.10. The fraction of sp³-hybridized carbons (Fsp3) is 0.857. The summed E-state index contributed by atoms with van der Waals surface area (Å²) in [5.74, 6) is 0.0539. The van der Waals surface area contributed by atoms with Crippen molar-refractivity contribution in [3.63, 3.8) is 0 Å². The topological polar surface area (TPSA) is 52.7 Å². The average Bonchev–Trinajstić information content (AvgIpc) is 2.88. The third kappa shape index (κ3) is 3.63. The van der Waals surface area contributed by atoms with Crippen molar-refractivity contribution in [2.45, 2.75) is 37.6 Å². The van der Waals surface area contributed by atoms with Crippen LogP contribution in [0.4, 0.5) is 0 Å². The zero-order valence-corrected chi connectivity index (χ0v) is 14.3. The molecule has 0 radical (unpaired) electrons. The molecule has 2 aliphatic rings. The molecule has 0 aromatic carbocycles. The number of halogens is 2. The molecule has 1 atom stereocenters. The van der Waals surface area contributed by atoms with Gasteiger partial charge in [0.2, 0.25) is 11.8 Å². The normalized spacial score (nSPS) is 28.6. The number of hydrogen-bond acceptors (Lipinski definition) is 3. The molecule has 1 unspecified atom stereocenters. The van der Waals surface area contributed by atoms with Crippen LogP contribution in [0, 0.1) is 5.41 Å². The van der Waals surface area contributed by atoms with Crippen LogP contribution in [0.3, 0.4) is 0 Å². The first-order valence-electron chi connectivity index (χ1n) is 7.34. The van der Waals surface area contributed by atoms with Crippen molar-refractivity contribution in [2.75, 3.05) is 32.7 Å². The van der Waals surface area contributed by atoms with Crippen LogP contribution in [0.25, 0.3) is 0 Å². The van der Waals surface area contributed by atoms with Gasteiger partial charge in [0.05, 0.1) is 12.0 Å². The Morgan fingerprint density at radius 2 is 1.71 bits per heavy atom. The minimum absolute atomic E-state index is 0.0266. The predicted molar refractivity (Wildman–Crippen MR) is 83.5 cm³/mol. The van der Waals surface area contributed by atoms with E-state index in [9.17, 15) is 9.59 Å². The Morgan fingerprint density at radius 3 is 2.14 bits per heavy atom. The Balaban J connectivity index is 1.79. The number of hydrogen-bond donors (Lipinski definition) is 1. The molecule has 0 spiro atoms. The fourth-order valence-electron chi connectivity index (χ4n) is 2.66. The van der Waals surface area contributed by atoms with Gasteiger partial charge in [0.25, 0.3) is 0 Å². The number of amides is 2. The molecule has 2 amide bonds. The molecule has 5 nitrogen and oxygen atoms in total. The molecule has 1 aliphatic heterocycles. The second-order valence-electron chi connectivity index (χ2n) is 6.50. The molecule has 7 heteroatoms. The zero-order chi connectivity index (χ0) is 15.8. The smallest absolute Gasteiger partial charge is 0.234 e. The van der Waals surface area contributed by atoms with Crippen molar-refractivity contribution in [3.8, 4) is 0 Å². The summed E-state index contributed by atoms with van der Waals surface area (Å²) in [6.07, 6.45) is 0.513. The van der Waals surface area contributed by atoms with Crippen LogP contribution >= 0.6 is 23.2 Å². The van der Waals surface area contributed by atoms with Gasteiger partial charge >= 0.3 is 0 Å². The summed E-state index contributed by atoms with van der Waals surface area (Å²) < 4.78 is -0.918. The highest BCUT2D eigenvalue weighted by atomic mass is 35.5. The number of nitrogens with one attached hydrogen (secondary N) is 1.